The van der Waals surface area contributed by atoms with Crippen LogP contribution in [0.5, 0.6) is 0 Å². The van der Waals surface area contributed by atoms with Crippen LogP contribution in [0.3, 0.4) is 0 Å². The molecular formula is C16H33NO. The van der Waals surface area contributed by atoms with Gasteiger partial charge >= 0.3 is 0 Å². The van der Waals surface area contributed by atoms with E-state index in [1.54, 1.807) is 7.11 Å². The number of hydrogen-bond donors (Lipinski definition) is 1. The van der Waals surface area contributed by atoms with Crippen molar-refractivity contribution in [2.45, 2.75) is 77.7 Å². The molecule has 0 radical (unpaired) electrons. The van der Waals surface area contributed by atoms with Gasteiger partial charge in [0.1, 0.15) is 0 Å². The normalized spacial score (nSPS) is 18.8. The highest BCUT2D eigenvalue weighted by atomic mass is 16.5. The molecule has 1 aliphatic carbocycles. The van der Waals surface area contributed by atoms with Crippen molar-refractivity contribution in [1.29, 1.82) is 0 Å². The van der Waals surface area contributed by atoms with Crippen molar-refractivity contribution < 1.29 is 4.74 Å². The molecular weight excluding hydrogens is 222 g/mol. The third-order valence-corrected chi connectivity index (χ3v) is 4.46. The Hall–Kier alpha value is -0.0800. The van der Waals surface area contributed by atoms with Gasteiger partial charge in [-0.25, -0.2) is 0 Å². The van der Waals surface area contributed by atoms with Gasteiger partial charge in [0, 0.05) is 26.3 Å². The summed E-state index contributed by atoms with van der Waals surface area (Å²) in [5.41, 5.74) is 0.548. The van der Waals surface area contributed by atoms with E-state index in [4.69, 9.17) is 4.74 Å². The molecule has 2 nitrogen and oxygen atoms in total. The molecule has 0 saturated heterocycles. The maximum atomic E-state index is 5.16. The van der Waals surface area contributed by atoms with Crippen molar-refractivity contribution in [2.24, 2.45) is 5.41 Å². The minimum absolute atomic E-state index is 0.548. The summed E-state index contributed by atoms with van der Waals surface area (Å²) in [6.07, 6.45) is 12.1. The molecule has 0 aromatic rings. The summed E-state index contributed by atoms with van der Waals surface area (Å²) < 4.78 is 5.16. The molecule has 0 aromatic heterocycles. The Morgan fingerprint density at radius 1 is 1.11 bits per heavy atom. The van der Waals surface area contributed by atoms with E-state index in [0.717, 1.165) is 12.6 Å². The van der Waals surface area contributed by atoms with E-state index in [1.807, 2.05) is 0 Å². The number of ether oxygens (including phenoxy) is 1. The van der Waals surface area contributed by atoms with Crippen molar-refractivity contribution in [3.05, 3.63) is 0 Å². The van der Waals surface area contributed by atoms with Crippen LogP contribution in [0.25, 0.3) is 0 Å². The van der Waals surface area contributed by atoms with E-state index >= 15 is 0 Å². The molecule has 0 heterocycles. The molecule has 18 heavy (non-hydrogen) atoms. The predicted octanol–water partition coefficient (Wildman–Crippen LogP) is 4.14. The topological polar surface area (TPSA) is 21.3 Å². The molecule has 108 valence electrons. The van der Waals surface area contributed by atoms with Crippen LogP contribution in [0, 0.1) is 5.41 Å². The molecule has 0 bridgehead atoms. The number of hydrogen-bond acceptors (Lipinski definition) is 2. The second-order valence-corrected chi connectivity index (χ2v) is 6.06. The fourth-order valence-electron chi connectivity index (χ4n) is 2.73. The van der Waals surface area contributed by atoms with Gasteiger partial charge in [-0.15, -0.1) is 0 Å². The fourth-order valence-corrected chi connectivity index (χ4v) is 2.73. The third kappa shape index (κ3) is 6.19. The number of methoxy groups -OCH3 is 1. The SMILES string of the molecule is CCCCC(CC)(CCCCOC)CNC1CC1. The van der Waals surface area contributed by atoms with Gasteiger partial charge in [0.25, 0.3) is 0 Å². The molecule has 1 fully saturated rings. The number of nitrogens with one attached hydrogen (secondary N) is 1. The Labute approximate surface area is 114 Å². The molecule has 1 rings (SSSR count). The maximum absolute atomic E-state index is 5.16. The third-order valence-electron chi connectivity index (χ3n) is 4.46. The lowest BCUT2D eigenvalue weighted by molar-refractivity contribution is 0.169. The van der Waals surface area contributed by atoms with Gasteiger partial charge in [0.05, 0.1) is 0 Å². The van der Waals surface area contributed by atoms with Crippen molar-refractivity contribution in [1.82, 2.24) is 5.32 Å². The minimum atomic E-state index is 0.548. The smallest absolute Gasteiger partial charge is 0.0462 e. The molecule has 0 spiro atoms. The largest absolute Gasteiger partial charge is 0.385 e. The lowest BCUT2D eigenvalue weighted by Crippen LogP contribution is -2.35. The highest BCUT2D eigenvalue weighted by Crippen LogP contribution is 2.35. The minimum Gasteiger partial charge on any atom is -0.385 e. The van der Waals surface area contributed by atoms with Gasteiger partial charge in [0.2, 0.25) is 0 Å². The zero-order valence-corrected chi connectivity index (χ0v) is 12.8. The molecule has 1 aliphatic rings. The summed E-state index contributed by atoms with van der Waals surface area (Å²) in [6, 6.07) is 0.844. The van der Waals surface area contributed by atoms with Crippen LogP contribution in [0.1, 0.15) is 71.6 Å². The van der Waals surface area contributed by atoms with Gasteiger partial charge in [-0.1, -0.05) is 33.1 Å². The van der Waals surface area contributed by atoms with Crippen LogP contribution in [-0.2, 0) is 4.74 Å². The first-order chi connectivity index (χ1) is 8.76. The highest BCUT2D eigenvalue weighted by Gasteiger charge is 2.30. The summed E-state index contributed by atoms with van der Waals surface area (Å²) in [5, 5.41) is 3.77. The molecule has 1 N–H and O–H groups in total. The highest BCUT2D eigenvalue weighted by molar-refractivity contribution is 4.87. The zero-order valence-electron chi connectivity index (χ0n) is 12.8. The van der Waals surface area contributed by atoms with Crippen LogP contribution in [0.4, 0.5) is 0 Å². The lowest BCUT2D eigenvalue weighted by atomic mass is 9.76. The Morgan fingerprint density at radius 2 is 1.83 bits per heavy atom. The first-order valence-electron chi connectivity index (χ1n) is 7.98. The van der Waals surface area contributed by atoms with Crippen LogP contribution in [0.15, 0.2) is 0 Å². The van der Waals surface area contributed by atoms with Crippen LogP contribution in [0.2, 0.25) is 0 Å². The van der Waals surface area contributed by atoms with Gasteiger partial charge in [-0.2, -0.15) is 0 Å². The molecule has 0 aromatic carbocycles. The van der Waals surface area contributed by atoms with Gasteiger partial charge in [-0.3, -0.25) is 0 Å². The van der Waals surface area contributed by atoms with Crippen LogP contribution < -0.4 is 5.32 Å². The first kappa shape index (κ1) is 16.0. The Kier molecular flexibility index (Phi) is 7.92. The summed E-state index contributed by atoms with van der Waals surface area (Å²) in [4.78, 5) is 0. The van der Waals surface area contributed by atoms with Crippen molar-refractivity contribution in [2.75, 3.05) is 20.3 Å². The average Bonchev–Trinajstić information content (AvgIpc) is 3.21. The zero-order chi connectivity index (χ0) is 13.3. The summed E-state index contributed by atoms with van der Waals surface area (Å²) >= 11 is 0. The molecule has 1 saturated carbocycles. The van der Waals surface area contributed by atoms with E-state index in [1.165, 1.54) is 64.3 Å². The van der Waals surface area contributed by atoms with E-state index in [9.17, 15) is 0 Å². The van der Waals surface area contributed by atoms with Gasteiger partial charge in [0.15, 0.2) is 0 Å². The number of rotatable bonds is 12. The number of unbranched alkanes of at least 4 members (excludes halogenated alkanes) is 2. The molecule has 1 unspecified atom stereocenters. The Morgan fingerprint density at radius 3 is 2.39 bits per heavy atom. The van der Waals surface area contributed by atoms with Crippen LogP contribution >= 0.6 is 0 Å². The second kappa shape index (κ2) is 8.92. The molecule has 2 heteroatoms. The van der Waals surface area contributed by atoms with Crippen molar-refractivity contribution in [3.63, 3.8) is 0 Å². The lowest BCUT2D eigenvalue weighted by Gasteiger charge is -2.33. The fraction of sp³-hybridized carbons (Fsp3) is 1.00. The van der Waals surface area contributed by atoms with E-state index in [-0.39, 0.29) is 0 Å². The Bertz CT molecular complexity index is 203. The maximum Gasteiger partial charge on any atom is 0.0462 e. The standard InChI is InChI=1S/C16H33NO/c1-4-6-11-16(5-2,12-7-8-13-18-3)14-17-15-9-10-15/h15,17H,4-14H2,1-3H3. The summed E-state index contributed by atoms with van der Waals surface area (Å²) in [6.45, 7) is 6.84. The predicted molar refractivity (Wildman–Crippen MR) is 79.0 cm³/mol. The van der Waals surface area contributed by atoms with Gasteiger partial charge in [-0.05, 0) is 43.9 Å². The van der Waals surface area contributed by atoms with E-state index in [2.05, 4.69) is 19.2 Å². The Balaban J connectivity index is 2.34. The monoisotopic (exact) mass is 255 g/mol. The van der Waals surface area contributed by atoms with Crippen molar-refractivity contribution in [3.8, 4) is 0 Å². The molecule has 1 atom stereocenters. The summed E-state index contributed by atoms with van der Waals surface area (Å²) in [5.74, 6) is 0. The summed E-state index contributed by atoms with van der Waals surface area (Å²) in [7, 11) is 1.80. The molecule has 0 amide bonds. The quantitative estimate of drug-likeness (QED) is 0.529. The van der Waals surface area contributed by atoms with Crippen molar-refractivity contribution >= 4 is 0 Å². The molecule has 0 aliphatic heterocycles. The van der Waals surface area contributed by atoms with E-state index in [0.29, 0.717) is 5.41 Å². The first-order valence-corrected chi connectivity index (χ1v) is 7.98. The second-order valence-electron chi connectivity index (χ2n) is 6.06. The van der Waals surface area contributed by atoms with Gasteiger partial charge < -0.3 is 10.1 Å². The van der Waals surface area contributed by atoms with E-state index < -0.39 is 0 Å². The average molecular weight is 255 g/mol. The van der Waals surface area contributed by atoms with Crippen LogP contribution in [-0.4, -0.2) is 26.3 Å².